The van der Waals surface area contributed by atoms with E-state index >= 15 is 0 Å². The Kier molecular flexibility index (Phi) is 3.22. The first-order chi connectivity index (χ1) is 9.33. The van der Waals surface area contributed by atoms with Gasteiger partial charge in [-0.1, -0.05) is 0 Å². The van der Waals surface area contributed by atoms with Crippen LogP contribution in [0.4, 0.5) is 11.9 Å². The Bertz CT molecular complexity index is 544. The largest absolute Gasteiger partial charge is 0.368 e. The summed E-state index contributed by atoms with van der Waals surface area (Å²) < 4.78 is 0. The third kappa shape index (κ3) is 2.62. The standard InChI is InChI=1S/C13H16N6/c14-12-15-7-4-11(18-12)10-3-1-8-19(9-10)13-16-5-2-6-17-13/h2,4-7,10H,1,3,8-9H2,(H2,14,15,18). The highest BCUT2D eigenvalue weighted by Crippen LogP contribution is 2.27. The van der Waals surface area contributed by atoms with Crippen LogP contribution in [0.5, 0.6) is 0 Å². The zero-order chi connectivity index (χ0) is 13.1. The summed E-state index contributed by atoms with van der Waals surface area (Å²) in [5.41, 5.74) is 6.66. The maximum absolute atomic E-state index is 5.65. The molecule has 2 aromatic rings. The lowest BCUT2D eigenvalue weighted by Crippen LogP contribution is -2.35. The number of nitrogens with zero attached hydrogens (tertiary/aromatic N) is 5. The molecule has 98 valence electrons. The van der Waals surface area contributed by atoms with Crippen LogP contribution in [0.25, 0.3) is 0 Å². The Morgan fingerprint density at radius 3 is 2.79 bits per heavy atom. The van der Waals surface area contributed by atoms with Gasteiger partial charge in [0.25, 0.3) is 0 Å². The molecule has 19 heavy (non-hydrogen) atoms. The number of hydrogen-bond acceptors (Lipinski definition) is 6. The Labute approximate surface area is 111 Å². The van der Waals surface area contributed by atoms with Gasteiger partial charge in [0.15, 0.2) is 0 Å². The van der Waals surface area contributed by atoms with E-state index in [1.54, 1.807) is 18.6 Å². The first kappa shape index (κ1) is 11.8. The Morgan fingerprint density at radius 1 is 1.16 bits per heavy atom. The molecule has 3 heterocycles. The number of nitrogens with two attached hydrogens (primary N) is 1. The van der Waals surface area contributed by atoms with Crippen LogP contribution >= 0.6 is 0 Å². The van der Waals surface area contributed by atoms with Crippen molar-refractivity contribution < 1.29 is 0 Å². The van der Waals surface area contributed by atoms with E-state index in [1.807, 2.05) is 12.1 Å². The molecule has 2 aromatic heterocycles. The zero-order valence-corrected chi connectivity index (χ0v) is 10.6. The van der Waals surface area contributed by atoms with E-state index in [0.29, 0.717) is 11.9 Å². The lowest BCUT2D eigenvalue weighted by atomic mass is 9.95. The SMILES string of the molecule is Nc1nccc(C2CCCN(c3ncccn3)C2)n1. The molecule has 6 nitrogen and oxygen atoms in total. The number of anilines is 2. The summed E-state index contributed by atoms with van der Waals surface area (Å²) in [4.78, 5) is 19.1. The summed E-state index contributed by atoms with van der Waals surface area (Å²) in [6, 6.07) is 3.77. The van der Waals surface area contributed by atoms with Crippen LogP contribution in [-0.2, 0) is 0 Å². The minimum absolute atomic E-state index is 0.339. The molecule has 1 aliphatic heterocycles. The lowest BCUT2D eigenvalue weighted by molar-refractivity contribution is 0.495. The van der Waals surface area contributed by atoms with Crippen molar-refractivity contribution in [2.45, 2.75) is 18.8 Å². The molecule has 0 aromatic carbocycles. The molecule has 0 aliphatic carbocycles. The highest BCUT2D eigenvalue weighted by atomic mass is 15.2. The second kappa shape index (κ2) is 5.17. The summed E-state index contributed by atoms with van der Waals surface area (Å²) in [6.07, 6.45) is 7.48. The van der Waals surface area contributed by atoms with E-state index in [1.165, 1.54) is 0 Å². The fraction of sp³-hybridized carbons (Fsp3) is 0.385. The Morgan fingerprint density at radius 2 is 2.00 bits per heavy atom. The molecule has 0 spiro atoms. The summed E-state index contributed by atoms with van der Waals surface area (Å²) in [5, 5.41) is 0. The molecule has 1 unspecified atom stereocenters. The van der Waals surface area contributed by atoms with Gasteiger partial charge >= 0.3 is 0 Å². The third-order valence-electron chi connectivity index (χ3n) is 3.37. The quantitative estimate of drug-likeness (QED) is 0.870. The van der Waals surface area contributed by atoms with Gasteiger partial charge in [0.2, 0.25) is 11.9 Å². The highest BCUT2D eigenvalue weighted by Gasteiger charge is 2.23. The molecule has 0 bridgehead atoms. The Hall–Kier alpha value is -2.24. The van der Waals surface area contributed by atoms with Crippen molar-refractivity contribution in [3.63, 3.8) is 0 Å². The van der Waals surface area contributed by atoms with E-state index in [0.717, 1.165) is 37.6 Å². The summed E-state index contributed by atoms with van der Waals surface area (Å²) in [6.45, 7) is 1.86. The van der Waals surface area contributed by atoms with Crippen molar-refractivity contribution in [2.75, 3.05) is 23.7 Å². The van der Waals surface area contributed by atoms with Crippen molar-refractivity contribution in [2.24, 2.45) is 0 Å². The maximum atomic E-state index is 5.65. The van der Waals surface area contributed by atoms with Crippen molar-refractivity contribution in [3.8, 4) is 0 Å². The summed E-state index contributed by atoms with van der Waals surface area (Å²) >= 11 is 0. The van der Waals surface area contributed by atoms with Gasteiger partial charge in [-0.3, -0.25) is 0 Å². The molecular weight excluding hydrogens is 240 g/mol. The molecule has 1 saturated heterocycles. The normalized spacial score (nSPS) is 19.4. The minimum Gasteiger partial charge on any atom is -0.368 e. The molecular formula is C13H16N6. The monoisotopic (exact) mass is 256 g/mol. The van der Waals surface area contributed by atoms with Crippen molar-refractivity contribution in [3.05, 3.63) is 36.4 Å². The van der Waals surface area contributed by atoms with Crippen LogP contribution in [0.1, 0.15) is 24.5 Å². The zero-order valence-electron chi connectivity index (χ0n) is 10.6. The van der Waals surface area contributed by atoms with Gasteiger partial charge in [-0.05, 0) is 25.0 Å². The van der Waals surface area contributed by atoms with Crippen LogP contribution in [0.3, 0.4) is 0 Å². The number of aromatic nitrogens is 4. The molecule has 6 heteroatoms. The number of nitrogen functional groups attached to an aromatic ring is 1. The van der Waals surface area contributed by atoms with Gasteiger partial charge in [-0.25, -0.2) is 19.9 Å². The molecule has 3 rings (SSSR count). The van der Waals surface area contributed by atoms with Crippen LogP contribution in [-0.4, -0.2) is 33.0 Å². The van der Waals surface area contributed by atoms with E-state index in [2.05, 4.69) is 24.8 Å². The minimum atomic E-state index is 0.339. The van der Waals surface area contributed by atoms with E-state index < -0.39 is 0 Å². The molecule has 2 N–H and O–H groups in total. The molecule has 0 saturated carbocycles. The third-order valence-corrected chi connectivity index (χ3v) is 3.37. The second-order valence-electron chi connectivity index (χ2n) is 4.67. The van der Waals surface area contributed by atoms with Gasteiger partial charge in [0.1, 0.15) is 0 Å². The number of hydrogen-bond donors (Lipinski definition) is 1. The van der Waals surface area contributed by atoms with Gasteiger partial charge in [0.05, 0.1) is 5.69 Å². The van der Waals surface area contributed by atoms with Crippen LogP contribution in [0, 0.1) is 0 Å². The van der Waals surface area contributed by atoms with E-state index in [9.17, 15) is 0 Å². The van der Waals surface area contributed by atoms with Gasteiger partial charge in [-0.2, -0.15) is 0 Å². The summed E-state index contributed by atoms with van der Waals surface area (Å²) in [5.74, 6) is 1.49. The average molecular weight is 256 g/mol. The van der Waals surface area contributed by atoms with E-state index in [4.69, 9.17) is 5.73 Å². The van der Waals surface area contributed by atoms with Gasteiger partial charge < -0.3 is 10.6 Å². The van der Waals surface area contributed by atoms with E-state index in [-0.39, 0.29) is 0 Å². The lowest BCUT2D eigenvalue weighted by Gasteiger charge is -2.32. The number of rotatable bonds is 2. The second-order valence-corrected chi connectivity index (χ2v) is 4.67. The first-order valence-corrected chi connectivity index (χ1v) is 6.43. The van der Waals surface area contributed by atoms with Crippen molar-refractivity contribution in [1.82, 2.24) is 19.9 Å². The Balaban J connectivity index is 1.78. The highest BCUT2D eigenvalue weighted by molar-refractivity contribution is 5.32. The molecule has 0 radical (unpaired) electrons. The summed E-state index contributed by atoms with van der Waals surface area (Å²) in [7, 11) is 0. The predicted molar refractivity (Wildman–Crippen MR) is 72.7 cm³/mol. The molecule has 1 aliphatic rings. The fourth-order valence-electron chi connectivity index (χ4n) is 2.47. The van der Waals surface area contributed by atoms with Crippen molar-refractivity contribution in [1.29, 1.82) is 0 Å². The van der Waals surface area contributed by atoms with Crippen LogP contribution in [0.2, 0.25) is 0 Å². The predicted octanol–water partition coefficient (Wildman–Crippen LogP) is 1.23. The van der Waals surface area contributed by atoms with Crippen molar-refractivity contribution >= 4 is 11.9 Å². The smallest absolute Gasteiger partial charge is 0.225 e. The van der Waals surface area contributed by atoms with Crippen LogP contribution in [0.15, 0.2) is 30.7 Å². The fourth-order valence-corrected chi connectivity index (χ4v) is 2.47. The topological polar surface area (TPSA) is 80.8 Å². The van der Waals surface area contributed by atoms with Gasteiger partial charge in [0, 0.05) is 37.6 Å². The van der Waals surface area contributed by atoms with Gasteiger partial charge in [-0.15, -0.1) is 0 Å². The number of piperidine rings is 1. The average Bonchev–Trinajstić information content (AvgIpc) is 2.48. The first-order valence-electron chi connectivity index (χ1n) is 6.43. The molecule has 1 atom stereocenters. The molecule has 0 amide bonds. The van der Waals surface area contributed by atoms with Crippen LogP contribution < -0.4 is 10.6 Å². The molecule has 1 fully saturated rings. The maximum Gasteiger partial charge on any atom is 0.225 e.